The molecule has 0 saturated carbocycles. The molecule has 4 rings (SSSR count). The van der Waals surface area contributed by atoms with Crippen molar-refractivity contribution in [1.29, 1.82) is 0 Å². The molecular formula is C15H10BrClN2S. The molecule has 0 saturated heterocycles. The lowest BCUT2D eigenvalue weighted by Crippen LogP contribution is -1.85. The molecule has 2 nitrogen and oxygen atoms in total. The predicted octanol–water partition coefficient (Wildman–Crippen LogP) is 5.45. The highest BCUT2D eigenvalue weighted by Crippen LogP contribution is 2.30. The molecule has 2 heterocycles. The van der Waals surface area contributed by atoms with Gasteiger partial charge >= 0.3 is 0 Å². The molecule has 4 aromatic rings. The van der Waals surface area contributed by atoms with Gasteiger partial charge in [-0.3, -0.25) is 4.40 Å². The van der Waals surface area contributed by atoms with E-state index in [1.165, 1.54) is 0 Å². The number of hydrogen-bond acceptors (Lipinski definition) is 2. The Balaban J connectivity index is 0.00000121. The Hall–Kier alpha value is -1.36. The summed E-state index contributed by atoms with van der Waals surface area (Å²) >= 11 is 7.61. The SMILES string of the molecule is Br.Clc1ccc(-c2csc3nc4ccccc4n23)cc1. The van der Waals surface area contributed by atoms with E-state index in [0.717, 1.165) is 32.3 Å². The Morgan fingerprint density at radius 3 is 2.55 bits per heavy atom. The van der Waals surface area contributed by atoms with Crippen molar-refractivity contribution in [2.24, 2.45) is 0 Å². The van der Waals surface area contributed by atoms with E-state index in [9.17, 15) is 0 Å². The van der Waals surface area contributed by atoms with Gasteiger partial charge in [0, 0.05) is 10.4 Å². The number of para-hydroxylation sites is 2. The van der Waals surface area contributed by atoms with Gasteiger partial charge in [-0.05, 0) is 29.8 Å². The van der Waals surface area contributed by atoms with Crippen LogP contribution < -0.4 is 0 Å². The van der Waals surface area contributed by atoms with Gasteiger partial charge in [0.15, 0.2) is 4.96 Å². The molecule has 0 amide bonds. The minimum atomic E-state index is 0. The van der Waals surface area contributed by atoms with Crippen LogP contribution in [0.5, 0.6) is 0 Å². The molecule has 0 aliphatic carbocycles. The summed E-state index contributed by atoms with van der Waals surface area (Å²) in [6, 6.07) is 16.1. The van der Waals surface area contributed by atoms with Crippen molar-refractivity contribution >= 4 is 55.9 Å². The molecule has 0 bridgehead atoms. The van der Waals surface area contributed by atoms with Crippen LogP contribution in [0, 0.1) is 0 Å². The maximum atomic E-state index is 5.95. The smallest absolute Gasteiger partial charge is 0.195 e. The molecule has 0 spiro atoms. The van der Waals surface area contributed by atoms with Crippen LogP contribution in [0.3, 0.4) is 0 Å². The zero-order valence-electron chi connectivity index (χ0n) is 10.3. The van der Waals surface area contributed by atoms with Gasteiger partial charge in [0.25, 0.3) is 0 Å². The van der Waals surface area contributed by atoms with Crippen LogP contribution in [0.4, 0.5) is 0 Å². The van der Waals surface area contributed by atoms with Crippen LogP contribution in [-0.4, -0.2) is 9.38 Å². The van der Waals surface area contributed by atoms with Crippen molar-refractivity contribution in [3.05, 3.63) is 58.9 Å². The topological polar surface area (TPSA) is 17.3 Å². The highest BCUT2D eigenvalue weighted by atomic mass is 79.9. The summed E-state index contributed by atoms with van der Waals surface area (Å²) in [5.41, 5.74) is 4.48. The molecule has 20 heavy (non-hydrogen) atoms. The lowest BCUT2D eigenvalue weighted by molar-refractivity contribution is 1.28. The number of benzene rings is 2. The molecule has 0 atom stereocenters. The number of rotatable bonds is 1. The Kier molecular flexibility index (Phi) is 3.54. The van der Waals surface area contributed by atoms with E-state index in [1.54, 1.807) is 11.3 Å². The average molecular weight is 366 g/mol. The highest BCUT2D eigenvalue weighted by Gasteiger charge is 2.11. The molecule has 100 valence electrons. The van der Waals surface area contributed by atoms with E-state index in [1.807, 2.05) is 42.5 Å². The molecule has 0 fully saturated rings. The first kappa shape index (κ1) is 13.6. The largest absolute Gasteiger partial charge is 0.283 e. The minimum absolute atomic E-state index is 0. The standard InChI is InChI=1S/C15H9ClN2S.BrH/c16-11-7-5-10(6-8-11)14-9-19-15-17-12-3-1-2-4-13(12)18(14)15;/h1-9H;1H. The summed E-state index contributed by atoms with van der Waals surface area (Å²) in [6.07, 6.45) is 0. The second-order valence-corrected chi connectivity index (χ2v) is 5.62. The molecule has 0 aliphatic heterocycles. The van der Waals surface area contributed by atoms with Gasteiger partial charge in [-0.15, -0.1) is 28.3 Å². The summed E-state index contributed by atoms with van der Waals surface area (Å²) in [5, 5.41) is 2.89. The lowest BCUT2D eigenvalue weighted by Gasteiger charge is -2.01. The predicted molar refractivity (Wildman–Crippen MR) is 91.3 cm³/mol. The van der Waals surface area contributed by atoms with Gasteiger partial charge in [-0.1, -0.05) is 35.9 Å². The van der Waals surface area contributed by atoms with Crippen LogP contribution >= 0.6 is 39.9 Å². The van der Waals surface area contributed by atoms with Gasteiger partial charge < -0.3 is 0 Å². The lowest BCUT2D eigenvalue weighted by atomic mass is 10.2. The molecular weight excluding hydrogens is 356 g/mol. The van der Waals surface area contributed by atoms with E-state index in [4.69, 9.17) is 11.6 Å². The number of thiazole rings is 1. The molecule has 0 aliphatic rings. The van der Waals surface area contributed by atoms with Crippen molar-refractivity contribution < 1.29 is 0 Å². The quantitative estimate of drug-likeness (QED) is 0.438. The van der Waals surface area contributed by atoms with Crippen LogP contribution in [0.1, 0.15) is 0 Å². The van der Waals surface area contributed by atoms with Gasteiger partial charge in [-0.25, -0.2) is 4.98 Å². The fraction of sp³-hybridized carbons (Fsp3) is 0. The maximum absolute atomic E-state index is 5.95. The number of hydrogen-bond donors (Lipinski definition) is 0. The Morgan fingerprint density at radius 2 is 1.75 bits per heavy atom. The fourth-order valence-corrected chi connectivity index (χ4v) is 3.33. The van der Waals surface area contributed by atoms with Crippen molar-refractivity contribution in [2.75, 3.05) is 0 Å². The normalized spacial score (nSPS) is 10.8. The summed E-state index contributed by atoms with van der Waals surface area (Å²) in [6.45, 7) is 0. The summed E-state index contributed by atoms with van der Waals surface area (Å²) < 4.78 is 2.20. The number of nitrogens with zero attached hydrogens (tertiary/aromatic N) is 2. The first-order valence-corrected chi connectivity index (χ1v) is 7.19. The molecule has 0 unspecified atom stereocenters. The molecule has 5 heteroatoms. The van der Waals surface area contributed by atoms with E-state index in [2.05, 4.69) is 20.8 Å². The zero-order valence-corrected chi connectivity index (χ0v) is 13.6. The zero-order chi connectivity index (χ0) is 12.8. The van der Waals surface area contributed by atoms with Gasteiger partial charge in [-0.2, -0.15) is 0 Å². The van der Waals surface area contributed by atoms with E-state index >= 15 is 0 Å². The van der Waals surface area contributed by atoms with E-state index in [0.29, 0.717) is 0 Å². The maximum Gasteiger partial charge on any atom is 0.195 e. The van der Waals surface area contributed by atoms with Crippen LogP contribution in [0.2, 0.25) is 5.02 Å². The third-order valence-electron chi connectivity index (χ3n) is 3.19. The third-order valence-corrected chi connectivity index (χ3v) is 4.26. The van der Waals surface area contributed by atoms with E-state index < -0.39 is 0 Å². The fourth-order valence-electron chi connectivity index (χ4n) is 2.29. The first-order chi connectivity index (χ1) is 9.33. The van der Waals surface area contributed by atoms with Crippen molar-refractivity contribution in [3.8, 4) is 11.3 Å². The molecule has 0 radical (unpaired) electrons. The average Bonchev–Trinajstić information content (AvgIpc) is 2.98. The second-order valence-electron chi connectivity index (χ2n) is 4.35. The van der Waals surface area contributed by atoms with Crippen LogP contribution in [-0.2, 0) is 0 Å². The minimum Gasteiger partial charge on any atom is -0.283 e. The third kappa shape index (κ3) is 2.04. The Bertz CT molecular complexity index is 880. The van der Waals surface area contributed by atoms with Gasteiger partial charge in [0.1, 0.15) is 0 Å². The number of aromatic nitrogens is 2. The monoisotopic (exact) mass is 364 g/mol. The molecule has 2 aromatic heterocycles. The first-order valence-electron chi connectivity index (χ1n) is 5.93. The number of fused-ring (bicyclic) bond motifs is 3. The van der Waals surface area contributed by atoms with Crippen LogP contribution in [0.25, 0.3) is 27.3 Å². The van der Waals surface area contributed by atoms with Crippen molar-refractivity contribution in [3.63, 3.8) is 0 Å². The number of halogens is 2. The van der Waals surface area contributed by atoms with Crippen molar-refractivity contribution in [2.45, 2.75) is 0 Å². The Labute approximate surface area is 135 Å². The van der Waals surface area contributed by atoms with Crippen LogP contribution in [0.15, 0.2) is 53.9 Å². The second kappa shape index (κ2) is 5.20. The summed E-state index contributed by atoms with van der Waals surface area (Å²) in [7, 11) is 0. The summed E-state index contributed by atoms with van der Waals surface area (Å²) in [5.74, 6) is 0. The van der Waals surface area contributed by atoms with Gasteiger partial charge in [0.2, 0.25) is 0 Å². The molecule has 0 N–H and O–H groups in total. The highest BCUT2D eigenvalue weighted by molar-refractivity contribution is 8.93. The van der Waals surface area contributed by atoms with Gasteiger partial charge in [0.05, 0.1) is 16.7 Å². The van der Waals surface area contributed by atoms with Crippen molar-refractivity contribution in [1.82, 2.24) is 9.38 Å². The number of imidazole rings is 1. The molecule has 2 aromatic carbocycles. The summed E-state index contributed by atoms with van der Waals surface area (Å²) in [4.78, 5) is 5.65. The Morgan fingerprint density at radius 1 is 1.00 bits per heavy atom. The van der Waals surface area contributed by atoms with E-state index in [-0.39, 0.29) is 17.0 Å².